The highest BCUT2D eigenvalue weighted by Crippen LogP contribution is 2.66. The highest BCUT2D eigenvalue weighted by atomic mass is 19.4. The fraction of sp³-hybridized carbons (Fsp3) is 0.720. The molecule has 8 heteroatoms. The Hall–Kier alpha value is -1.80. The Labute approximate surface area is 192 Å². The number of carbonyl (C=O) groups is 1. The van der Waals surface area contributed by atoms with Gasteiger partial charge in [-0.2, -0.15) is 13.2 Å². The van der Waals surface area contributed by atoms with Crippen molar-refractivity contribution in [2.75, 3.05) is 7.11 Å². The van der Waals surface area contributed by atoms with Gasteiger partial charge in [-0.3, -0.25) is 4.79 Å². The number of halogens is 3. The Morgan fingerprint density at radius 1 is 1.24 bits per heavy atom. The number of amides is 1. The minimum absolute atomic E-state index is 0.0104. The summed E-state index contributed by atoms with van der Waals surface area (Å²) in [6, 6.07) is 1.13. The molecular weight excluding hydrogens is 435 g/mol. The number of methoxy groups -OCH3 is 1. The van der Waals surface area contributed by atoms with Crippen LogP contribution in [-0.2, 0) is 23.9 Å². The summed E-state index contributed by atoms with van der Waals surface area (Å²) in [5, 5.41) is 13.7. The molecular formula is C25H32F3NO4. The van der Waals surface area contributed by atoms with E-state index in [9.17, 15) is 23.1 Å². The van der Waals surface area contributed by atoms with E-state index in [0.29, 0.717) is 29.7 Å². The van der Waals surface area contributed by atoms with Gasteiger partial charge in [0.1, 0.15) is 11.4 Å². The van der Waals surface area contributed by atoms with Gasteiger partial charge in [-0.25, -0.2) is 0 Å². The molecule has 182 valence electrons. The zero-order chi connectivity index (χ0) is 24.1. The van der Waals surface area contributed by atoms with E-state index in [1.54, 1.807) is 7.11 Å². The van der Waals surface area contributed by atoms with Gasteiger partial charge in [0.15, 0.2) is 0 Å². The van der Waals surface area contributed by atoms with Gasteiger partial charge in [0.2, 0.25) is 0 Å². The predicted octanol–water partition coefficient (Wildman–Crippen LogP) is 4.48. The molecule has 0 unspecified atom stereocenters. The van der Waals surface area contributed by atoms with Gasteiger partial charge in [-0.1, -0.05) is 27.7 Å². The third-order valence-electron chi connectivity index (χ3n) is 9.58. The van der Waals surface area contributed by atoms with E-state index in [1.807, 2.05) is 13.8 Å². The van der Waals surface area contributed by atoms with E-state index >= 15 is 0 Å². The van der Waals surface area contributed by atoms with Crippen molar-refractivity contribution in [2.24, 2.45) is 22.7 Å². The maximum atomic E-state index is 13.9. The summed E-state index contributed by atoms with van der Waals surface area (Å²) in [5.41, 5.74) is -2.08. The van der Waals surface area contributed by atoms with E-state index in [1.165, 1.54) is 0 Å². The Morgan fingerprint density at radius 2 is 1.94 bits per heavy atom. The molecule has 0 aromatic heterocycles. The van der Waals surface area contributed by atoms with Crippen LogP contribution in [0.25, 0.3) is 0 Å². The third-order valence-corrected chi connectivity index (χ3v) is 9.58. The monoisotopic (exact) mass is 467 g/mol. The number of carbonyl (C=O) groups excluding carboxylic acids is 1. The van der Waals surface area contributed by atoms with Crippen LogP contribution in [0.15, 0.2) is 6.07 Å². The maximum absolute atomic E-state index is 13.9. The van der Waals surface area contributed by atoms with Crippen LogP contribution in [0, 0.1) is 22.7 Å². The van der Waals surface area contributed by atoms with Crippen LogP contribution in [0.1, 0.15) is 74.0 Å². The molecule has 2 aliphatic carbocycles. The average Bonchev–Trinajstić information content (AvgIpc) is 3.11. The molecule has 1 aromatic rings. The van der Waals surface area contributed by atoms with E-state index in [2.05, 4.69) is 19.2 Å². The van der Waals surface area contributed by atoms with E-state index in [-0.39, 0.29) is 23.9 Å². The quantitative estimate of drug-likeness (QED) is 0.639. The largest absolute Gasteiger partial charge is 0.486 e. The van der Waals surface area contributed by atoms with Crippen molar-refractivity contribution in [1.29, 1.82) is 0 Å². The number of aliphatic hydroxyl groups is 1. The minimum atomic E-state index is -4.63. The van der Waals surface area contributed by atoms with Crippen LogP contribution in [-0.4, -0.2) is 35.9 Å². The predicted molar refractivity (Wildman–Crippen MR) is 115 cm³/mol. The van der Waals surface area contributed by atoms with Gasteiger partial charge < -0.3 is 19.9 Å². The van der Waals surface area contributed by atoms with E-state index < -0.39 is 46.3 Å². The molecule has 6 atom stereocenters. The summed E-state index contributed by atoms with van der Waals surface area (Å²) in [4.78, 5) is 12.4. The number of nitrogens with one attached hydrogen (secondary N) is 1. The summed E-state index contributed by atoms with van der Waals surface area (Å²) in [6.07, 6.45) is -3.12. The van der Waals surface area contributed by atoms with Crippen molar-refractivity contribution >= 4 is 5.91 Å². The van der Waals surface area contributed by atoms with Crippen molar-refractivity contribution in [3.63, 3.8) is 0 Å². The molecule has 2 aliphatic heterocycles. The standard InChI is InChI=1S/C25H32F3NO4/c1-12-6-7-17-22(2,3)20(30)16(32-5)10-24(17)23(12,4)9-13-8-15(25(26,27)28)18-14(19(13)33-24)11-29-21(18)31/h8,12,16-17,20,30H,6-7,9-11H2,1-5H3,(H,29,31)/t12-,16+,17-,20-,23+,24-/m0/s1. The van der Waals surface area contributed by atoms with Gasteiger partial charge in [0.05, 0.1) is 23.3 Å². The number of fused-ring (bicyclic) bond motifs is 3. The zero-order valence-corrected chi connectivity index (χ0v) is 19.7. The van der Waals surface area contributed by atoms with Crippen LogP contribution >= 0.6 is 0 Å². The van der Waals surface area contributed by atoms with Crippen molar-refractivity contribution in [3.05, 3.63) is 28.3 Å². The normalized spacial score (nSPS) is 39.0. The molecule has 2 N–H and O–H groups in total. The Morgan fingerprint density at radius 3 is 2.58 bits per heavy atom. The Bertz CT molecular complexity index is 1020. The first-order valence-electron chi connectivity index (χ1n) is 11.7. The van der Waals surface area contributed by atoms with Crippen molar-refractivity contribution in [3.8, 4) is 5.75 Å². The lowest BCUT2D eigenvalue weighted by Gasteiger charge is -2.68. The Balaban J connectivity index is 1.75. The average molecular weight is 468 g/mol. The van der Waals surface area contributed by atoms with Crippen LogP contribution < -0.4 is 10.1 Å². The number of rotatable bonds is 1. The molecule has 2 saturated carbocycles. The molecule has 0 saturated heterocycles. The number of alkyl halides is 3. The fourth-order valence-corrected chi connectivity index (χ4v) is 7.52. The lowest BCUT2D eigenvalue weighted by atomic mass is 9.43. The van der Waals surface area contributed by atoms with Crippen LogP contribution in [0.3, 0.4) is 0 Å². The van der Waals surface area contributed by atoms with Crippen molar-refractivity contribution < 1.29 is 32.5 Å². The molecule has 1 spiro atoms. The first-order chi connectivity index (χ1) is 15.3. The van der Waals surface area contributed by atoms with Crippen molar-refractivity contribution in [1.82, 2.24) is 5.32 Å². The topological polar surface area (TPSA) is 67.8 Å². The summed E-state index contributed by atoms with van der Waals surface area (Å²) in [7, 11) is 1.58. The second-order valence-electron chi connectivity index (χ2n) is 11.3. The summed E-state index contributed by atoms with van der Waals surface area (Å²) in [5.74, 6) is -0.108. The van der Waals surface area contributed by atoms with E-state index in [4.69, 9.17) is 9.47 Å². The highest BCUT2D eigenvalue weighted by Gasteiger charge is 2.69. The van der Waals surface area contributed by atoms with Crippen LogP contribution in [0.5, 0.6) is 5.75 Å². The first-order valence-corrected chi connectivity index (χ1v) is 11.7. The number of aliphatic hydroxyl groups excluding tert-OH is 1. The lowest BCUT2D eigenvalue weighted by Crippen LogP contribution is -2.73. The summed E-state index contributed by atoms with van der Waals surface area (Å²) >= 11 is 0. The smallest absolute Gasteiger partial charge is 0.417 e. The maximum Gasteiger partial charge on any atom is 0.417 e. The molecule has 5 rings (SSSR count). The molecule has 1 aromatic carbocycles. The second-order valence-corrected chi connectivity index (χ2v) is 11.3. The van der Waals surface area contributed by atoms with Gasteiger partial charge in [-0.05, 0) is 42.2 Å². The number of ether oxygens (including phenoxy) is 2. The molecule has 0 bridgehead atoms. The SMILES string of the molecule is CO[C@@H]1C[C@@]23Oc4c(cc(C(F)(F)F)c5c4CNC5=O)C[C@]2(C)[C@@H](C)CC[C@H]3C(C)(C)[C@H]1O. The molecule has 33 heavy (non-hydrogen) atoms. The number of hydrogen-bond acceptors (Lipinski definition) is 4. The van der Waals surface area contributed by atoms with Crippen molar-refractivity contribution in [2.45, 2.75) is 83.9 Å². The van der Waals surface area contributed by atoms with Crippen LogP contribution in [0.2, 0.25) is 0 Å². The fourth-order valence-electron chi connectivity index (χ4n) is 7.52. The molecule has 2 heterocycles. The second kappa shape index (κ2) is 6.87. The molecule has 1 amide bonds. The van der Waals surface area contributed by atoms with E-state index in [0.717, 1.165) is 18.9 Å². The summed E-state index contributed by atoms with van der Waals surface area (Å²) in [6.45, 7) is 8.36. The molecule has 0 radical (unpaired) electrons. The third kappa shape index (κ3) is 2.83. The first kappa shape index (κ1) is 23.0. The van der Waals surface area contributed by atoms with Gasteiger partial charge >= 0.3 is 6.18 Å². The van der Waals surface area contributed by atoms with Crippen LogP contribution in [0.4, 0.5) is 13.2 Å². The number of benzene rings is 1. The summed E-state index contributed by atoms with van der Waals surface area (Å²) < 4.78 is 54.5. The lowest BCUT2D eigenvalue weighted by molar-refractivity contribution is -0.264. The molecule has 4 aliphatic rings. The minimum Gasteiger partial charge on any atom is -0.486 e. The van der Waals surface area contributed by atoms with Gasteiger partial charge in [0.25, 0.3) is 5.91 Å². The van der Waals surface area contributed by atoms with Gasteiger partial charge in [-0.15, -0.1) is 0 Å². The zero-order valence-electron chi connectivity index (χ0n) is 19.7. The number of hydrogen-bond donors (Lipinski definition) is 2. The molecule has 5 nitrogen and oxygen atoms in total. The highest BCUT2D eigenvalue weighted by molar-refractivity contribution is 6.01. The molecule has 2 fully saturated rings. The van der Waals surface area contributed by atoms with Gasteiger partial charge in [0, 0.05) is 37.0 Å². The Kier molecular flexibility index (Phi) is 4.78.